The van der Waals surface area contributed by atoms with Crippen molar-refractivity contribution in [2.24, 2.45) is 0 Å². The van der Waals surface area contributed by atoms with E-state index in [1.165, 1.54) is 0 Å². The van der Waals surface area contributed by atoms with E-state index < -0.39 is 0 Å². The molecule has 0 nitrogen and oxygen atoms in total. The monoisotopic (exact) mass is 216 g/mol. The number of rotatable bonds is 0. The molecule has 0 aliphatic heterocycles. The van der Waals surface area contributed by atoms with E-state index in [-0.39, 0.29) is 89.1 Å². The minimum absolute atomic E-state index is 0. The summed E-state index contributed by atoms with van der Waals surface area (Å²) in [6.07, 6.45) is 0. The van der Waals surface area contributed by atoms with E-state index in [1.807, 2.05) is 0 Å². The zero-order valence-corrected chi connectivity index (χ0v) is 8.89. The van der Waals surface area contributed by atoms with E-state index in [9.17, 15) is 0 Å². The van der Waals surface area contributed by atoms with Crippen LogP contribution >= 0.6 is 0 Å². The normalized spacial score (nSPS) is 0. The first-order valence-electron chi connectivity index (χ1n) is 0. The van der Waals surface area contributed by atoms with Crippen LogP contribution in [0.2, 0.25) is 0 Å². The Hall–Kier alpha value is 2.88. The summed E-state index contributed by atoms with van der Waals surface area (Å²) in [5.74, 6) is 0. The van der Waals surface area contributed by atoms with Crippen LogP contribution in [0.4, 0.5) is 0 Å². The first-order chi connectivity index (χ1) is 0. The molecule has 0 bridgehead atoms. The smallest absolute Gasteiger partial charge is 0 e. The molecule has 0 spiro atoms. The Labute approximate surface area is 87.5 Å². The molecule has 4 heteroatoms. The second kappa shape index (κ2) is 16.9. The molecule has 4 heavy (non-hydrogen) atoms. The maximum Gasteiger partial charge on any atom is 0 e. The molecule has 0 aliphatic carbocycles. The molecule has 0 saturated carbocycles. The van der Waals surface area contributed by atoms with E-state index in [2.05, 4.69) is 0 Å². The van der Waals surface area contributed by atoms with Crippen LogP contribution in [-0.2, 0) is 71.8 Å². The molecule has 0 heterocycles. The summed E-state index contributed by atoms with van der Waals surface area (Å²) < 4.78 is 0. The largest absolute Gasteiger partial charge is 0 e. The van der Waals surface area contributed by atoms with Crippen molar-refractivity contribution in [3.8, 4) is 0 Å². The van der Waals surface area contributed by atoms with Crippen molar-refractivity contribution in [3.63, 3.8) is 0 Å². The Morgan fingerprint density at radius 2 is 1.00 bits per heavy atom. The van der Waals surface area contributed by atoms with Gasteiger partial charge in [0.15, 0.2) is 0 Å². The zero-order chi connectivity index (χ0) is 0. The van der Waals surface area contributed by atoms with Gasteiger partial charge in [-0.15, -0.1) is 0 Å². The van der Waals surface area contributed by atoms with Crippen molar-refractivity contribution < 1.29 is 71.8 Å². The predicted octanol–water partition coefficient (Wildman–Crippen LogP) is -0.388. The van der Waals surface area contributed by atoms with Gasteiger partial charge in [-0.1, -0.05) is 0 Å². The Bertz CT molecular complexity index is 8.00. The molecule has 0 aromatic rings. The molecular weight excluding hydrogens is 216 g/mol. The summed E-state index contributed by atoms with van der Waals surface area (Å²) in [5, 5.41) is 0. The van der Waals surface area contributed by atoms with Gasteiger partial charge in [-0.05, 0) is 0 Å². The molecule has 16 valence electrons. The van der Waals surface area contributed by atoms with Gasteiger partial charge in [-0.25, -0.2) is 0 Å². The Kier molecular flexibility index (Phi) is 121. The maximum absolute atomic E-state index is 0. The van der Waals surface area contributed by atoms with E-state index in [0.717, 1.165) is 0 Å². The average Bonchev–Trinajstić information content (AvgIpc) is 0. The summed E-state index contributed by atoms with van der Waals surface area (Å²) in [6, 6.07) is 0. The quantitative estimate of drug-likeness (QED) is 0.483. The molecule has 0 unspecified atom stereocenters. The fourth-order valence-corrected chi connectivity index (χ4v) is 0. The average molecular weight is 216 g/mol. The topological polar surface area (TPSA) is 0 Å². The molecule has 0 N–H and O–H groups in total. The molecule has 0 amide bonds. The molecule has 4 radical (unpaired) electrons. The van der Waals surface area contributed by atoms with Gasteiger partial charge >= 0.3 is 0 Å². The Morgan fingerprint density at radius 1 is 1.00 bits per heavy atom. The second-order valence-electron chi connectivity index (χ2n) is 0. The van der Waals surface area contributed by atoms with E-state index in [1.54, 1.807) is 0 Å². The van der Waals surface area contributed by atoms with Gasteiger partial charge in [0.05, 0.1) is 0 Å². The van der Waals surface area contributed by atoms with Crippen LogP contribution < -0.4 is 0 Å². The summed E-state index contributed by atoms with van der Waals surface area (Å²) in [6.45, 7) is 0. The molecule has 0 aliphatic rings. The van der Waals surface area contributed by atoms with Crippen LogP contribution in [-0.4, -0.2) is 17.4 Å². The van der Waals surface area contributed by atoms with Crippen LogP contribution in [0, 0.1) is 0 Å². The zero-order valence-electron chi connectivity index (χ0n) is 2.06. The minimum atomic E-state index is 0. The van der Waals surface area contributed by atoms with Gasteiger partial charge in [-0.3, -0.25) is 0 Å². The van der Waals surface area contributed by atoms with Crippen LogP contribution in [0.1, 0.15) is 0 Å². The van der Waals surface area contributed by atoms with Crippen LogP contribution in [0.5, 0.6) is 0 Å². The fraction of sp³-hybridized carbons (Fsp3) is 0. The van der Waals surface area contributed by atoms with Gasteiger partial charge < -0.3 is 0 Å². The standard InChI is InChI=1S/Al.Cr.Ti.Y. The van der Waals surface area contributed by atoms with Crippen molar-refractivity contribution >= 4 is 17.4 Å². The van der Waals surface area contributed by atoms with Gasteiger partial charge in [0, 0.05) is 89.1 Å². The first kappa shape index (κ1) is 28.7. The summed E-state index contributed by atoms with van der Waals surface area (Å²) in [4.78, 5) is 0. The minimum Gasteiger partial charge on any atom is 0 e. The van der Waals surface area contributed by atoms with Gasteiger partial charge in [0.2, 0.25) is 0 Å². The second-order valence-corrected chi connectivity index (χ2v) is 0. The molecule has 0 atom stereocenters. The van der Waals surface area contributed by atoms with Gasteiger partial charge in [0.25, 0.3) is 0 Å². The van der Waals surface area contributed by atoms with Gasteiger partial charge in [-0.2, -0.15) is 0 Å². The summed E-state index contributed by atoms with van der Waals surface area (Å²) in [7, 11) is 0. The van der Waals surface area contributed by atoms with E-state index >= 15 is 0 Å². The van der Waals surface area contributed by atoms with Crippen molar-refractivity contribution in [2.75, 3.05) is 0 Å². The Morgan fingerprint density at radius 3 is 1.00 bits per heavy atom. The maximum atomic E-state index is 0. The van der Waals surface area contributed by atoms with Crippen molar-refractivity contribution in [3.05, 3.63) is 0 Å². The predicted molar refractivity (Wildman–Crippen MR) is 5.75 cm³/mol. The Balaban J connectivity index is 0. The third-order valence-corrected chi connectivity index (χ3v) is 0. The molecular formula is AlCrTiY. The van der Waals surface area contributed by atoms with Crippen LogP contribution in [0.25, 0.3) is 0 Å². The summed E-state index contributed by atoms with van der Waals surface area (Å²) >= 11 is 0. The van der Waals surface area contributed by atoms with Crippen LogP contribution in [0.15, 0.2) is 0 Å². The SMILES string of the molecule is [Al].[Cr].[Ti].[Y]. The first-order valence-corrected chi connectivity index (χ1v) is 0. The molecule has 0 rings (SSSR count). The third-order valence-electron chi connectivity index (χ3n) is 0. The molecule has 0 fully saturated rings. The van der Waals surface area contributed by atoms with Crippen LogP contribution in [0.3, 0.4) is 0 Å². The van der Waals surface area contributed by atoms with Gasteiger partial charge in [0.1, 0.15) is 0 Å². The van der Waals surface area contributed by atoms with E-state index in [0.29, 0.717) is 0 Å². The molecule has 0 aromatic heterocycles. The number of hydrogen-bond acceptors (Lipinski definition) is 0. The van der Waals surface area contributed by atoms with E-state index in [4.69, 9.17) is 0 Å². The van der Waals surface area contributed by atoms with Crippen molar-refractivity contribution in [2.45, 2.75) is 0 Å². The fourth-order valence-electron chi connectivity index (χ4n) is 0. The molecule has 0 aromatic carbocycles. The number of hydrogen-bond donors (Lipinski definition) is 0. The van der Waals surface area contributed by atoms with Crippen molar-refractivity contribution in [1.82, 2.24) is 0 Å². The summed E-state index contributed by atoms with van der Waals surface area (Å²) in [5.41, 5.74) is 0. The van der Waals surface area contributed by atoms with Crippen molar-refractivity contribution in [1.29, 1.82) is 0 Å². The molecule has 0 saturated heterocycles. The third kappa shape index (κ3) is 8.86.